The quantitative estimate of drug-likeness (QED) is 0.557. The Morgan fingerprint density at radius 2 is 1.92 bits per heavy atom. The molecule has 0 aliphatic carbocycles. The molecule has 0 fully saturated rings. The highest BCUT2D eigenvalue weighted by molar-refractivity contribution is 5.92. The van der Waals surface area contributed by atoms with Crippen molar-refractivity contribution in [2.45, 2.75) is 0 Å². The van der Waals surface area contributed by atoms with E-state index in [2.05, 4.69) is 10.5 Å². The normalized spacial score (nSPS) is 10.8. The number of nitrogens with zero attached hydrogens (tertiary/aromatic N) is 2. The molecule has 0 saturated carbocycles. The van der Waals surface area contributed by atoms with Crippen LogP contribution in [0.15, 0.2) is 70.5 Å². The average Bonchev–Trinajstić information content (AvgIpc) is 3.26. The first-order chi connectivity index (χ1) is 11.6. The Balaban J connectivity index is 1.74. The summed E-state index contributed by atoms with van der Waals surface area (Å²) in [6, 6.07) is 13.2. The summed E-state index contributed by atoms with van der Waals surface area (Å²) >= 11 is 0. The van der Waals surface area contributed by atoms with Gasteiger partial charge >= 0.3 is 11.9 Å². The van der Waals surface area contributed by atoms with Gasteiger partial charge in [-0.3, -0.25) is 4.79 Å². The van der Waals surface area contributed by atoms with Crippen molar-refractivity contribution >= 4 is 18.1 Å². The molecule has 1 amide bonds. The number of hydrogen-bond acceptors (Lipinski definition) is 4. The smallest absolute Gasteiger partial charge is 0.335 e. The third-order valence-corrected chi connectivity index (χ3v) is 3.28. The molecular formula is C17H13N3O4. The van der Waals surface area contributed by atoms with Crippen LogP contribution in [0.1, 0.15) is 26.6 Å². The molecule has 7 heteroatoms. The molecular weight excluding hydrogens is 310 g/mol. The van der Waals surface area contributed by atoms with E-state index in [1.807, 2.05) is 22.9 Å². The topological polar surface area (TPSA) is 96.8 Å². The predicted molar refractivity (Wildman–Crippen MR) is 86.5 cm³/mol. The fourth-order valence-electron chi connectivity index (χ4n) is 2.12. The van der Waals surface area contributed by atoms with Crippen molar-refractivity contribution in [1.29, 1.82) is 0 Å². The first-order valence-corrected chi connectivity index (χ1v) is 7.03. The van der Waals surface area contributed by atoms with Gasteiger partial charge in [0.05, 0.1) is 23.7 Å². The second-order valence-corrected chi connectivity index (χ2v) is 4.83. The molecule has 0 unspecified atom stereocenters. The zero-order chi connectivity index (χ0) is 16.9. The van der Waals surface area contributed by atoms with Gasteiger partial charge in [-0.05, 0) is 48.5 Å². The number of furan rings is 1. The highest BCUT2D eigenvalue weighted by Crippen LogP contribution is 2.13. The molecule has 0 aliphatic rings. The first-order valence-electron chi connectivity index (χ1n) is 7.03. The molecule has 120 valence electrons. The van der Waals surface area contributed by atoms with E-state index in [4.69, 9.17) is 9.52 Å². The van der Waals surface area contributed by atoms with Gasteiger partial charge < -0.3 is 14.1 Å². The molecule has 2 N–H and O–H groups in total. The van der Waals surface area contributed by atoms with Gasteiger partial charge in [-0.2, -0.15) is 5.10 Å². The highest BCUT2D eigenvalue weighted by Gasteiger charge is 2.07. The molecule has 0 saturated heterocycles. The molecule has 0 aliphatic heterocycles. The lowest BCUT2D eigenvalue weighted by molar-refractivity contribution is 0.0696. The van der Waals surface area contributed by atoms with E-state index in [1.165, 1.54) is 30.7 Å². The molecule has 0 radical (unpaired) electrons. The minimum Gasteiger partial charge on any atom is -0.478 e. The van der Waals surface area contributed by atoms with Crippen molar-refractivity contribution in [3.8, 4) is 5.69 Å². The number of rotatable bonds is 5. The van der Waals surface area contributed by atoms with E-state index >= 15 is 0 Å². The zero-order valence-electron chi connectivity index (χ0n) is 12.4. The van der Waals surface area contributed by atoms with Gasteiger partial charge in [0.25, 0.3) is 0 Å². The predicted octanol–water partition coefficient (Wildman–Crippen LogP) is 2.53. The monoisotopic (exact) mass is 323 g/mol. The summed E-state index contributed by atoms with van der Waals surface area (Å²) in [7, 11) is 0. The van der Waals surface area contributed by atoms with Crippen LogP contribution in [0.25, 0.3) is 5.69 Å². The largest absolute Gasteiger partial charge is 0.478 e. The second-order valence-electron chi connectivity index (χ2n) is 4.83. The van der Waals surface area contributed by atoms with Crippen molar-refractivity contribution in [3.63, 3.8) is 0 Å². The number of aromatic nitrogens is 1. The molecule has 3 rings (SSSR count). The van der Waals surface area contributed by atoms with Gasteiger partial charge in [-0.25, -0.2) is 10.2 Å². The fourth-order valence-corrected chi connectivity index (χ4v) is 2.12. The maximum Gasteiger partial charge on any atom is 0.335 e. The number of carboxylic acids is 1. The van der Waals surface area contributed by atoms with Crippen LogP contribution in [0.3, 0.4) is 0 Å². The Labute approximate surface area is 136 Å². The fraction of sp³-hybridized carbons (Fsp3) is 0. The molecule has 2 heterocycles. The third-order valence-electron chi connectivity index (χ3n) is 3.28. The minimum atomic E-state index is -0.975. The molecule has 0 bridgehead atoms. The lowest BCUT2D eigenvalue weighted by Crippen LogP contribution is -2.17. The summed E-state index contributed by atoms with van der Waals surface area (Å²) in [5, 5.41) is 12.8. The Kier molecular flexibility index (Phi) is 4.24. The molecule has 1 aromatic carbocycles. The highest BCUT2D eigenvalue weighted by atomic mass is 16.4. The van der Waals surface area contributed by atoms with Gasteiger partial charge in [0.15, 0.2) is 5.76 Å². The second kappa shape index (κ2) is 6.66. The number of carbonyl (C=O) groups is 2. The van der Waals surface area contributed by atoms with Crippen molar-refractivity contribution in [2.24, 2.45) is 5.10 Å². The van der Waals surface area contributed by atoms with Crippen LogP contribution in [0.4, 0.5) is 0 Å². The number of nitrogens with one attached hydrogen (secondary N) is 1. The van der Waals surface area contributed by atoms with Crippen LogP contribution in [0.2, 0.25) is 0 Å². The van der Waals surface area contributed by atoms with Crippen LogP contribution >= 0.6 is 0 Å². The van der Waals surface area contributed by atoms with Crippen LogP contribution < -0.4 is 5.43 Å². The van der Waals surface area contributed by atoms with Crippen LogP contribution in [0, 0.1) is 0 Å². The summed E-state index contributed by atoms with van der Waals surface area (Å²) < 4.78 is 6.78. The van der Waals surface area contributed by atoms with Gasteiger partial charge in [0.2, 0.25) is 0 Å². The zero-order valence-corrected chi connectivity index (χ0v) is 12.4. The van der Waals surface area contributed by atoms with Gasteiger partial charge in [-0.1, -0.05) is 0 Å². The van der Waals surface area contributed by atoms with Crippen LogP contribution in [0.5, 0.6) is 0 Å². The summed E-state index contributed by atoms with van der Waals surface area (Å²) in [4.78, 5) is 22.6. The van der Waals surface area contributed by atoms with E-state index in [0.717, 1.165) is 11.4 Å². The summed E-state index contributed by atoms with van der Waals surface area (Å²) in [6.07, 6.45) is 4.71. The maximum atomic E-state index is 11.7. The lowest BCUT2D eigenvalue weighted by atomic mass is 10.2. The molecule has 0 atom stereocenters. The number of carbonyl (C=O) groups excluding carboxylic acids is 1. The molecule has 2 aromatic heterocycles. The average molecular weight is 323 g/mol. The lowest BCUT2D eigenvalue weighted by Gasteiger charge is -2.06. The van der Waals surface area contributed by atoms with E-state index < -0.39 is 11.9 Å². The van der Waals surface area contributed by atoms with E-state index in [1.54, 1.807) is 18.2 Å². The van der Waals surface area contributed by atoms with Gasteiger partial charge in [0, 0.05) is 11.9 Å². The number of carboxylic acid groups (broad SMARTS) is 1. The number of hydrogen-bond donors (Lipinski definition) is 2. The molecule has 3 aromatic rings. The minimum absolute atomic E-state index is 0.173. The van der Waals surface area contributed by atoms with E-state index in [9.17, 15) is 9.59 Å². The standard InChI is InChI=1S/C17H13N3O4/c21-16(15-4-2-10-24-15)19-18-11-14-3-1-9-20(14)13-7-5-12(6-8-13)17(22)23/h1-11H,(H,19,21)(H,22,23)/b18-11-. The first kappa shape index (κ1) is 15.3. The third kappa shape index (κ3) is 3.25. The Bertz CT molecular complexity index is 877. The van der Waals surface area contributed by atoms with Gasteiger partial charge in [0.1, 0.15) is 0 Å². The van der Waals surface area contributed by atoms with E-state index in [-0.39, 0.29) is 11.3 Å². The van der Waals surface area contributed by atoms with E-state index in [0.29, 0.717) is 0 Å². The Morgan fingerprint density at radius 3 is 2.58 bits per heavy atom. The maximum absolute atomic E-state index is 11.7. The molecule has 7 nitrogen and oxygen atoms in total. The van der Waals surface area contributed by atoms with Crippen molar-refractivity contribution in [3.05, 3.63) is 78.0 Å². The SMILES string of the molecule is O=C(O)c1ccc(-n2cccc2/C=N\NC(=O)c2ccco2)cc1. The number of hydrazone groups is 1. The van der Waals surface area contributed by atoms with Crippen molar-refractivity contribution in [2.75, 3.05) is 0 Å². The summed E-state index contributed by atoms with van der Waals surface area (Å²) in [5.74, 6) is -1.25. The van der Waals surface area contributed by atoms with Crippen LogP contribution in [-0.2, 0) is 0 Å². The Morgan fingerprint density at radius 1 is 1.12 bits per heavy atom. The summed E-state index contributed by atoms with van der Waals surface area (Å²) in [6.45, 7) is 0. The Hall–Kier alpha value is -3.61. The molecule has 24 heavy (non-hydrogen) atoms. The number of amides is 1. The van der Waals surface area contributed by atoms with Crippen molar-refractivity contribution < 1.29 is 19.1 Å². The van der Waals surface area contributed by atoms with Crippen LogP contribution in [-0.4, -0.2) is 27.8 Å². The summed E-state index contributed by atoms with van der Waals surface area (Å²) in [5.41, 5.74) is 4.09. The number of aromatic carboxylic acids is 1. The van der Waals surface area contributed by atoms with Gasteiger partial charge in [-0.15, -0.1) is 0 Å². The number of benzene rings is 1. The molecule has 0 spiro atoms. The van der Waals surface area contributed by atoms with Crippen molar-refractivity contribution in [1.82, 2.24) is 9.99 Å².